The first-order valence-corrected chi connectivity index (χ1v) is 8.11. The van der Waals surface area contributed by atoms with Crippen LogP contribution in [0, 0.1) is 10.8 Å². The molecular formula is C14H25IN2. The van der Waals surface area contributed by atoms with Gasteiger partial charge in [-0.15, -0.1) is 0 Å². The van der Waals surface area contributed by atoms with E-state index >= 15 is 0 Å². The number of halogens is 1. The quantitative estimate of drug-likeness (QED) is 0.530. The summed E-state index contributed by atoms with van der Waals surface area (Å²) >= 11 is 2.52. The van der Waals surface area contributed by atoms with Crippen molar-refractivity contribution in [1.82, 2.24) is 8.01 Å². The molecule has 3 saturated carbocycles. The van der Waals surface area contributed by atoms with Crippen molar-refractivity contribution >= 4 is 22.9 Å². The van der Waals surface area contributed by atoms with Crippen LogP contribution in [0.15, 0.2) is 0 Å². The van der Waals surface area contributed by atoms with Gasteiger partial charge in [-0.05, 0) is 56.4 Å². The van der Waals surface area contributed by atoms with Gasteiger partial charge in [0.05, 0.1) is 0 Å². The Labute approximate surface area is 120 Å². The van der Waals surface area contributed by atoms with E-state index in [1.54, 1.807) is 0 Å². The van der Waals surface area contributed by atoms with Crippen LogP contribution in [0.5, 0.6) is 0 Å². The van der Waals surface area contributed by atoms with Crippen LogP contribution in [0.4, 0.5) is 0 Å². The predicted molar refractivity (Wildman–Crippen MR) is 80.3 cm³/mol. The van der Waals surface area contributed by atoms with Crippen molar-refractivity contribution in [1.29, 1.82) is 0 Å². The van der Waals surface area contributed by atoms with Crippen molar-refractivity contribution in [3.8, 4) is 0 Å². The molecule has 0 aromatic carbocycles. The van der Waals surface area contributed by atoms with Gasteiger partial charge < -0.3 is 4.90 Å². The van der Waals surface area contributed by atoms with Crippen molar-refractivity contribution in [2.24, 2.45) is 10.8 Å². The number of piperazine rings is 1. The lowest BCUT2D eigenvalue weighted by Gasteiger charge is -2.58. The second-order valence-corrected chi connectivity index (χ2v) is 8.40. The third-order valence-electron chi connectivity index (χ3n) is 5.98. The molecular weight excluding hydrogens is 323 g/mol. The second kappa shape index (κ2) is 4.34. The fraction of sp³-hybridized carbons (Fsp3) is 1.00. The molecule has 0 aromatic heterocycles. The Morgan fingerprint density at radius 1 is 1.00 bits per heavy atom. The Hall–Kier alpha value is 0.650. The van der Waals surface area contributed by atoms with Crippen LogP contribution in [-0.2, 0) is 0 Å². The molecule has 17 heavy (non-hydrogen) atoms. The summed E-state index contributed by atoms with van der Waals surface area (Å²) in [5, 5.41) is 0. The zero-order valence-corrected chi connectivity index (χ0v) is 13.4. The van der Waals surface area contributed by atoms with E-state index in [9.17, 15) is 0 Å². The first-order chi connectivity index (χ1) is 8.03. The number of fused-ring (bicyclic) bond motifs is 3. The summed E-state index contributed by atoms with van der Waals surface area (Å²) in [6.45, 7) is 6.30. The van der Waals surface area contributed by atoms with E-state index in [1.165, 1.54) is 58.2 Å². The maximum absolute atomic E-state index is 2.66. The number of hydrogen-bond donors (Lipinski definition) is 0. The highest BCUT2D eigenvalue weighted by Crippen LogP contribution is 2.59. The van der Waals surface area contributed by atoms with Crippen LogP contribution in [0.3, 0.4) is 0 Å². The first kappa shape index (κ1) is 12.7. The number of likely N-dealkylation sites (N-methyl/N-ethyl adjacent to an activating group) is 1. The van der Waals surface area contributed by atoms with Gasteiger partial charge in [-0.2, -0.15) is 0 Å². The molecule has 4 aliphatic rings. The van der Waals surface area contributed by atoms with E-state index in [0.717, 1.165) is 6.04 Å². The molecule has 0 N–H and O–H groups in total. The molecule has 4 fully saturated rings. The smallest absolute Gasteiger partial charge is 0.0285 e. The van der Waals surface area contributed by atoms with Gasteiger partial charge in [0.2, 0.25) is 0 Å². The van der Waals surface area contributed by atoms with Crippen LogP contribution >= 0.6 is 22.9 Å². The second-order valence-electron chi connectivity index (χ2n) is 7.04. The Bertz CT molecular complexity index is 280. The van der Waals surface area contributed by atoms with Gasteiger partial charge in [0, 0.05) is 48.5 Å². The Morgan fingerprint density at radius 3 is 2.18 bits per heavy atom. The monoisotopic (exact) mass is 348 g/mol. The molecule has 0 spiro atoms. The molecule has 4 rings (SSSR count). The normalized spacial score (nSPS) is 48.5. The summed E-state index contributed by atoms with van der Waals surface area (Å²) < 4.78 is 2.51. The highest BCUT2D eigenvalue weighted by atomic mass is 127. The van der Waals surface area contributed by atoms with Crippen LogP contribution in [0.1, 0.15) is 45.4 Å². The molecule has 1 heterocycles. The fourth-order valence-electron chi connectivity index (χ4n) is 4.40. The van der Waals surface area contributed by atoms with Crippen molar-refractivity contribution in [2.75, 3.05) is 26.7 Å². The van der Waals surface area contributed by atoms with Gasteiger partial charge in [0.1, 0.15) is 0 Å². The van der Waals surface area contributed by atoms with E-state index in [4.69, 9.17) is 0 Å². The average molecular weight is 348 g/mol. The zero-order valence-electron chi connectivity index (χ0n) is 11.2. The molecule has 1 unspecified atom stereocenters. The van der Waals surface area contributed by atoms with E-state index in [2.05, 4.69) is 44.8 Å². The summed E-state index contributed by atoms with van der Waals surface area (Å²) in [5.41, 5.74) is 1.37. The summed E-state index contributed by atoms with van der Waals surface area (Å²) in [6, 6.07) is 0.818. The standard InChI is InChI=1S/C14H25IN2/c1-13-3-6-14(7-4-13,8-5-13)12-11-17(15)10-9-16(12)2/h12H,3-11H2,1-2H3. The minimum absolute atomic E-state index is 0.663. The molecule has 3 heteroatoms. The van der Waals surface area contributed by atoms with Crippen molar-refractivity contribution in [2.45, 2.75) is 51.5 Å². The molecule has 0 radical (unpaired) electrons. The Morgan fingerprint density at radius 2 is 1.59 bits per heavy atom. The fourth-order valence-corrected chi connectivity index (χ4v) is 4.99. The molecule has 1 atom stereocenters. The van der Waals surface area contributed by atoms with E-state index in [1.807, 2.05) is 0 Å². The third kappa shape index (κ3) is 2.16. The lowest BCUT2D eigenvalue weighted by molar-refractivity contribution is -0.0664. The Kier molecular flexibility index (Phi) is 3.24. The summed E-state index contributed by atoms with van der Waals surface area (Å²) in [5.74, 6) is 0. The molecule has 3 aliphatic carbocycles. The van der Waals surface area contributed by atoms with Gasteiger partial charge in [0.15, 0.2) is 0 Å². The Balaban J connectivity index is 1.78. The van der Waals surface area contributed by atoms with Gasteiger partial charge in [0.25, 0.3) is 0 Å². The summed E-state index contributed by atoms with van der Waals surface area (Å²) in [6.07, 6.45) is 8.92. The molecule has 2 nitrogen and oxygen atoms in total. The molecule has 0 amide bonds. The van der Waals surface area contributed by atoms with Crippen molar-refractivity contribution in [3.05, 3.63) is 0 Å². The number of hydrogen-bond acceptors (Lipinski definition) is 2. The lowest BCUT2D eigenvalue weighted by Crippen LogP contribution is -2.59. The molecule has 2 bridgehead atoms. The minimum atomic E-state index is 0.663. The van der Waals surface area contributed by atoms with Gasteiger partial charge >= 0.3 is 0 Å². The summed E-state index contributed by atoms with van der Waals surface area (Å²) in [7, 11) is 2.35. The topological polar surface area (TPSA) is 6.48 Å². The van der Waals surface area contributed by atoms with Gasteiger partial charge in [-0.3, -0.25) is 0 Å². The average Bonchev–Trinajstić information content (AvgIpc) is 2.34. The summed E-state index contributed by atoms with van der Waals surface area (Å²) in [4.78, 5) is 2.66. The van der Waals surface area contributed by atoms with E-state index in [-0.39, 0.29) is 0 Å². The van der Waals surface area contributed by atoms with Gasteiger partial charge in [-0.25, -0.2) is 3.11 Å². The first-order valence-electron chi connectivity index (χ1n) is 7.14. The lowest BCUT2D eigenvalue weighted by atomic mass is 9.52. The maximum Gasteiger partial charge on any atom is 0.0285 e. The highest BCUT2D eigenvalue weighted by Gasteiger charge is 2.51. The van der Waals surface area contributed by atoms with E-state index in [0.29, 0.717) is 10.8 Å². The maximum atomic E-state index is 2.66. The zero-order chi connectivity index (χ0) is 12.1. The molecule has 0 aromatic rings. The SMILES string of the molecule is CN1CCN(I)CC1C12CCC(C)(CC1)CC2. The number of nitrogens with zero attached hydrogens (tertiary/aromatic N) is 2. The van der Waals surface area contributed by atoms with Crippen molar-refractivity contribution < 1.29 is 0 Å². The highest BCUT2D eigenvalue weighted by molar-refractivity contribution is 14.1. The minimum Gasteiger partial charge on any atom is -0.300 e. The van der Waals surface area contributed by atoms with Crippen LogP contribution in [0.25, 0.3) is 0 Å². The molecule has 98 valence electrons. The van der Waals surface area contributed by atoms with E-state index < -0.39 is 0 Å². The van der Waals surface area contributed by atoms with Crippen LogP contribution in [-0.4, -0.2) is 40.7 Å². The van der Waals surface area contributed by atoms with Crippen LogP contribution in [0.2, 0.25) is 0 Å². The third-order valence-corrected chi connectivity index (χ3v) is 6.86. The molecule has 1 saturated heterocycles. The van der Waals surface area contributed by atoms with Crippen molar-refractivity contribution in [3.63, 3.8) is 0 Å². The molecule has 1 aliphatic heterocycles. The van der Waals surface area contributed by atoms with Crippen LogP contribution < -0.4 is 0 Å². The number of rotatable bonds is 1. The largest absolute Gasteiger partial charge is 0.300 e. The van der Waals surface area contributed by atoms with Gasteiger partial charge in [-0.1, -0.05) is 6.92 Å². The predicted octanol–water partition coefficient (Wildman–Crippen LogP) is 3.31.